The SMILES string of the molecule is CCOC(=O)/C(C#N)=C\c1ccc(OS(=O)(=O)c2ccc(C)cc2)cc1. The number of nitriles is 1. The maximum atomic E-state index is 12.2. The van der Waals surface area contributed by atoms with E-state index in [1.807, 2.05) is 6.92 Å². The maximum Gasteiger partial charge on any atom is 0.348 e. The average Bonchev–Trinajstić information content (AvgIpc) is 2.61. The molecule has 7 heteroatoms. The first-order valence-electron chi connectivity index (χ1n) is 7.76. The Bertz CT molecular complexity index is 952. The van der Waals surface area contributed by atoms with Crippen LogP contribution in [-0.4, -0.2) is 21.0 Å². The van der Waals surface area contributed by atoms with Gasteiger partial charge in [-0.1, -0.05) is 29.8 Å². The molecule has 0 aliphatic carbocycles. The summed E-state index contributed by atoms with van der Waals surface area (Å²) in [6.07, 6.45) is 1.36. The molecule has 2 aromatic rings. The van der Waals surface area contributed by atoms with E-state index >= 15 is 0 Å². The van der Waals surface area contributed by atoms with Crippen molar-refractivity contribution in [3.05, 3.63) is 65.2 Å². The van der Waals surface area contributed by atoms with Gasteiger partial charge in [-0.05, 0) is 49.8 Å². The molecule has 26 heavy (non-hydrogen) atoms. The Kier molecular flexibility index (Phi) is 6.15. The van der Waals surface area contributed by atoms with Gasteiger partial charge in [-0.25, -0.2) is 4.79 Å². The number of aryl methyl sites for hydroxylation is 1. The van der Waals surface area contributed by atoms with Crippen molar-refractivity contribution in [2.75, 3.05) is 6.61 Å². The molecule has 0 atom stereocenters. The van der Waals surface area contributed by atoms with Crippen molar-refractivity contribution in [1.29, 1.82) is 5.26 Å². The number of nitrogens with zero attached hydrogens (tertiary/aromatic N) is 1. The van der Waals surface area contributed by atoms with E-state index in [0.717, 1.165) is 5.56 Å². The lowest BCUT2D eigenvalue weighted by molar-refractivity contribution is -0.137. The summed E-state index contributed by atoms with van der Waals surface area (Å²) in [6.45, 7) is 3.67. The number of benzene rings is 2. The molecule has 0 spiro atoms. The molecule has 0 heterocycles. The van der Waals surface area contributed by atoms with Crippen LogP contribution in [0.5, 0.6) is 5.75 Å². The quantitative estimate of drug-likeness (QED) is 0.335. The minimum atomic E-state index is -3.93. The lowest BCUT2D eigenvalue weighted by Crippen LogP contribution is -2.09. The molecule has 0 unspecified atom stereocenters. The van der Waals surface area contributed by atoms with Crippen molar-refractivity contribution in [1.82, 2.24) is 0 Å². The van der Waals surface area contributed by atoms with Crippen LogP contribution in [0.3, 0.4) is 0 Å². The van der Waals surface area contributed by atoms with Crippen LogP contribution in [0, 0.1) is 18.3 Å². The monoisotopic (exact) mass is 371 g/mol. The zero-order valence-electron chi connectivity index (χ0n) is 14.3. The summed E-state index contributed by atoms with van der Waals surface area (Å²) in [5, 5.41) is 9.01. The van der Waals surface area contributed by atoms with E-state index in [2.05, 4.69) is 0 Å². The molecule has 134 valence electrons. The zero-order chi connectivity index (χ0) is 19.2. The van der Waals surface area contributed by atoms with E-state index in [1.54, 1.807) is 25.1 Å². The Hall–Kier alpha value is -3.11. The second kappa shape index (κ2) is 8.32. The third kappa shape index (κ3) is 4.94. The number of rotatable bonds is 6. The van der Waals surface area contributed by atoms with Gasteiger partial charge in [-0.15, -0.1) is 0 Å². The second-order valence-electron chi connectivity index (χ2n) is 5.31. The average molecular weight is 371 g/mol. The summed E-state index contributed by atoms with van der Waals surface area (Å²) in [4.78, 5) is 11.7. The predicted molar refractivity (Wildman–Crippen MR) is 95.7 cm³/mol. The Morgan fingerprint density at radius 3 is 2.27 bits per heavy atom. The molecule has 0 radical (unpaired) electrons. The van der Waals surface area contributed by atoms with Gasteiger partial charge in [0.25, 0.3) is 0 Å². The van der Waals surface area contributed by atoms with E-state index in [9.17, 15) is 13.2 Å². The van der Waals surface area contributed by atoms with Crippen LogP contribution in [0.4, 0.5) is 0 Å². The van der Waals surface area contributed by atoms with E-state index in [1.165, 1.54) is 42.5 Å². The van der Waals surface area contributed by atoms with Crippen LogP contribution in [-0.2, 0) is 19.6 Å². The number of carbonyl (C=O) groups excluding carboxylic acids is 1. The fourth-order valence-electron chi connectivity index (χ4n) is 2.01. The topological polar surface area (TPSA) is 93.5 Å². The Morgan fingerprint density at radius 2 is 1.73 bits per heavy atom. The molecule has 0 saturated carbocycles. The van der Waals surface area contributed by atoms with Gasteiger partial charge in [-0.2, -0.15) is 13.7 Å². The van der Waals surface area contributed by atoms with Crippen LogP contribution in [0.25, 0.3) is 6.08 Å². The maximum absolute atomic E-state index is 12.2. The molecule has 2 aromatic carbocycles. The molecule has 0 N–H and O–H groups in total. The minimum Gasteiger partial charge on any atom is -0.462 e. The highest BCUT2D eigenvalue weighted by Crippen LogP contribution is 2.20. The second-order valence-corrected chi connectivity index (χ2v) is 6.86. The van der Waals surface area contributed by atoms with Crippen LogP contribution < -0.4 is 4.18 Å². The van der Waals surface area contributed by atoms with Crippen molar-refractivity contribution in [2.24, 2.45) is 0 Å². The summed E-state index contributed by atoms with van der Waals surface area (Å²) in [7, 11) is -3.93. The number of hydrogen-bond acceptors (Lipinski definition) is 6. The van der Waals surface area contributed by atoms with Crippen LogP contribution in [0.2, 0.25) is 0 Å². The molecular weight excluding hydrogens is 354 g/mol. The zero-order valence-corrected chi connectivity index (χ0v) is 15.1. The summed E-state index contributed by atoms with van der Waals surface area (Å²) in [6, 6.07) is 14.0. The summed E-state index contributed by atoms with van der Waals surface area (Å²) in [5.41, 5.74) is 1.33. The molecule has 0 aromatic heterocycles. The first-order valence-corrected chi connectivity index (χ1v) is 9.16. The molecule has 0 amide bonds. The Labute approximate surface area is 152 Å². The number of esters is 1. The largest absolute Gasteiger partial charge is 0.462 e. The predicted octanol–water partition coefficient (Wildman–Crippen LogP) is 3.23. The summed E-state index contributed by atoms with van der Waals surface area (Å²) in [5.74, 6) is -0.588. The summed E-state index contributed by atoms with van der Waals surface area (Å²) >= 11 is 0. The normalized spacial score (nSPS) is 11.5. The molecule has 0 aliphatic heterocycles. The van der Waals surface area contributed by atoms with Crippen LogP contribution >= 0.6 is 0 Å². The number of carbonyl (C=O) groups is 1. The minimum absolute atomic E-state index is 0.0566. The molecule has 0 saturated heterocycles. The van der Waals surface area contributed by atoms with Crippen molar-refractivity contribution < 1.29 is 22.1 Å². The van der Waals surface area contributed by atoms with Crippen molar-refractivity contribution in [3.8, 4) is 11.8 Å². The van der Waals surface area contributed by atoms with Crippen molar-refractivity contribution in [3.63, 3.8) is 0 Å². The summed E-state index contributed by atoms with van der Waals surface area (Å²) < 4.78 is 34.4. The van der Waals surface area contributed by atoms with Gasteiger partial charge in [0.1, 0.15) is 22.3 Å². The van der Waals surface area contributed by atoms with Gasteiger partial charge >= 0.3 is 16.1 Å². The first-order chi connectivity index (χ1) is 12.4. The number of hydrogen-bond donors (Lipinski definition) is 0. The van der Waals surface area contributed by atoms with Crippen molar-refractivity contribution in [2.45, 2.75) is 18.7 Å². The first kappa shape index (κ1) is 19.2. The molecule has 0 aliphatic rings. The fourth-order valence-corrected chi connectivity index (χ4v) is 2.94. The third-order valence-corrected chi connectivity index (χ3v) is 4.58. The van der Waals surface area contributed by atoms with Crippen LogP contribution in [0.15, 0.2) is 59.0 Å². The van der Waals surface area contributed by atoms with Crippen molar-refractivity contribution >= 4 is 22.2 Å². The number of ether oxygens (including phenoxy) is 1. The van der Waals surface area contributed by atoms with E-state index < -0.39 is 16.1 Å². The van der Waals surface area contributed by atoms with Gasteiger partial charge in [0.2, 0.25) is 0 Å². The Morgan fingerprint density at radius 1 is 1.12 bits per heavy atom. The fraction of sp³-hybridized carbons (Fsp3) is 0.158. The van der Waals surface area contributed by atoms with Gasteiger partial charge in [0.05, 0.1) is 6.61 Å². The lowest BCUT2D eigenvalue weighted by atomic mass is 10.1. The van der Waals surface area contributed by atoms with E-state index in [0.29, 0.717) is 5.56 Å². The highest BCUT2D eigenvalue weighted by atomic mass is 32.2. The van der Waals surface area contributed by atoms with Gasteiger partial charge in [0.15, 0.2) is 0 Å². The third-order valence-electron chi connectivity index (χ3n) is 3.32. The van der Waals surface area contributed by atoms with E-state index in [4.69, 9.17) is 14.2 Å². The smallest absolute Gasteiger partial charge is 0.348 e. The standard InChI is InChI=1S/C19H17NO5S/c1-3-24-19(21)16(13-20)12-15-6-8-17(9-7-15)25-26(22,23)18-10-4-14(2)5-11-18/h4-12H,3H2,1-2H3/b16-12-. The Balaban J connectivity index is 2.18. The molecule has 6 nitrogen and oxygen atoms in total. The highest BCUT2D eigenvalue weighted by molar-refractivity contribution is 7.87. The molecule has 0 fully saturated rings. The van der Waals surface area contributed by atoms with Gasteiger partial charge in [-0.3, -0.25) is 0 Å². The highest BCUT2D eigenvalue weighted by Gasteiger charge is 2.16. The molecule has 0 bridgehead atoms. The van der Waals surface area contributed by atoms with Crippen LogP contribution in [0.1, 0.15) is 18.1 Å². The molecular formula is C19H17NO5S. The lowest BCUT2D eigenvalue weighted by Gasteiger charge is -2.07. The van der Waals surface area contributed by atoms with Gasteiger partial charge < -0.3 is 8.92 Å². The molecule has 2 rings (SSSR count). The van der Waals surface area contributed by atoms with E-state index in [-0.39, 0.29) is 22.8 Å². The van der Waals surface area contributed by atoms with Gasteiger partial charge in [0, 0.05) is 0 Å².